The lowest BCUT2D eigenvalue weighted by Crippen LogP contribution is -2.22. The van der Waals surface area contributed by atoms with Crippen molar-refractivity contribution in [2.45, 2.75) is 6.42 Å². The largest absolute Gasteiger partial charge is 0.469 e. The molecule has 6 nitrogen and oxygen atoms in total. The van der Waals surface area contributed by atoms with E-state index in [1.807, 2.05) is 0 Å². The van der Waals surface area contributed by atoms with Crippen molar-refractivity contribution in [1.82, 2.24) is 4.90 Å². The topological polar surface area (TPSA) is 84.7 Å². The number of benzene rings is 1. The highest BCUT2D eigenvalue weighted by atomic mass is 16.5. The number of nitrogens with zero attached hydrogens (tertiary/aromatic N) is 1. The lowest BCUT2D eigenvalue weighted by molar-refractivity contribution is -0.140. The van der Waals surface area contributed by atoms with Gasteiger partial charge in [-0.2, -0.15) is 0 Å². The predicted octanol–water partition coefficient (Wildman–Crippen LogP) is 0.946. The summed E-state index contributed by atoms with van der Waals surface area (Å²) in [6.45, 7) is 0.399. The van der Waals surface area contributed by atoms with Crippen LogP contribution in [0.2, 0.25) is 0 Å². The van der Waals surface area contributed by atoms with Gasteiger partial charge in [0.25, 0.3) is 5.91 Å². The quantitative estimate of drug-likeness (QED) is 0.611. The summed E-state index contributed by atoms with van der Waals surface area (Å²) in [5.41, 5.74) is 7.52. The van der Waals surface area contributed by atoms with E-state index in [4.69, 9.17) is 5.73 Å². The second kappa shape index (κ2) is 6.63. The standard InChI is InChI=1S/C13H19N3O3/c1-16(2)13(18)9-4-5-10(14)11(8-9)15-7-6-12(17)19-3/h4-5,8,15H,6-7,14H2,1-3H3. The highest BCUT2D eigenvalue weighted by molar-refractivity contribution is 5.95. The van der Waals surface area contributed by atoms with E-state index >= 15 is 0 Å². The van der Waals surface area contributed by atoms with Crippen LogP contribution in [0, 0.1) is 0 Å². The second-order valence-corrected chi connectivity index (χ2v) is 4.25. The molecule has 3 N–H and O–H groups in total. The first-order valence-electron chi connectivity index (χ1n) is 5.87. The number of hydrogen-bond donors (Lipinski definition) is 2. The average molecular weight is 265 g/mol. The number of nitrogen functional groups attached to an aromatic ring is 1. The van der Waals surface area contributed by atoms with Gasteiger partial charge in [-0.1, -0.05) is 0 Å². The Morgan fingerprint density at radius 2 is 2.05 bits per heavy atom. The van der Waals surface area contributed by atoms with Crippen molar-refractivity contribution in [3.63, 3.8) is 0 Å². The number of nitrogens with two attached hydrogens (primary N) is 1. The molecule has 1 aromatic carbocycles. The van der Waals surface area contributed by atoms with E-state index in [0.717, 1.165) is 0 Å². The van der Waals surface area contributed by atoms with Gasteiger partial charge in [-0.15, -0.1) is 0 Å². The SMILES string of the molecule is COC(=O)CCNc1cc(C(=O)N(C)C)ccc1N. The first kappa shape index (κ1) is 14.8. The first-order valence-corrected chi connectivity index (χ1v) is 5.87. The molecule has 0 fully saturated rings. The van der Waals surface area contributed by atoms with Crippen LogP contribution in [0.15, 0.2) is 18.2 Å². The molecule has 0 saturated heterocycles. The summed E-state index contributed by atoms with van der Waals surface area (Å²) in [5, 5.41) is 3.02. The second-order valence-electron chi connectivity index (χ2n) is 4.25. The Morgan fingerprint density at radius 1 is 1.37 bits per heavy atom. The fraction of sp³-hybridized carbons (Fsp3) is 0.385. The summed E-state index contributed by atoms with van der Waals surface area (Å²) < 4.78 is 4.54. The number of methoxy groups -OCH3 is 1. The van der Waals surface area contributed by atoms with Crippen molar-refractivity contribution in [2.24, 2.45) is 0 Å². The van der Waals surface area contributed by atoms with E-state index in [1.165, 1.54) is 12.0 Å². The van der Waals surface area contributed by atoms with Crippen LogP contribution in [0.25, 0.3) is 0 Å². The molecule has 0 aromatic heterocycles. The van der Waals surface area contributed by atoms with E-state index in [0.29, 0.717) is 23.5 Å². The number of nitrogens with one attached hydrogen (secondary N) is 1. The number of carbonyl (C=O) groups is 2. The van der Waals surface area contributed by atoms with Gasteiger partial charge in [0.05, 0.1) is 24.9 Å². The number of ether oxygens (including phenoxy) is 1. The summed E-state index contributed by atoms with van der Waals surface area (Å²) in [6, 6.07) is 5.01. The molecule has 0 spiro atoms. The summed E-state index contributed by atoms with van der Waals surface area (Å²) in [4.78, 5) is 24.3. The van der Waals surface area contributed by atoms with Gasteiger partial charge in [0.15, 0.2) is 0 Å². The van der Waals surface area contributed by atoms with Crippen LogP contribution in [0.4, 0.5) is 11.4 Å². The molecule has 0 heterocycles. The Kier molecular flexibility index (Phi) is 5.17. The monoisotopic (exact) mass is 265 g/mol. The molecule has 0 bridgehead atoms. The Morgan fingerprint density at radius 3 is 2.63 bits per heavy atom. The molecule has 1 rings (SSSR count). The predicted molar refractivity (Wildman–Crippen MR) is 74.0 cm³/mol. The normalized spacial score (nSPS) is 9.84. The van der Waals surface area contributed by atoms with Crippen molar-refractivity contribution in [2.75, 3.05) is 38.8 Å². The van der Waals surface area contributed by atoms with Crippen molar-refractivity contribution in [1.29, 1.82) is 0 Å². The van der Waals surface area contributed by atoms with Crippen molar-refractivity contribution < 1.29 is 14.3 Å². The lowest BCUT2D eigenvalue weighted by atomic mass is 10.1. The van der Waals surface area contributed by atoms with Crippen molar-refractivity contribution in [3.8, 4) is 0 Å². The summed E-state index contributed by atoms with van der Waals surface area (Å²) in [6.07, 6.45) is 0.238. The Bertz CT molecular complexity index is 472. The summed E-state index contributed by atoms with van der Waals surface area (Å²) >= 11 is 0. The number of anilines is 2. The van der Waals surface area contributed by atoms with Crippen LogP contribution in [0.1, 0.15) is 16.8 Å². The number of carbonyl (C=O) groups excluding carboxylic acids is 2. The van der Waals surface area contributed by atoms with Crippen LogP contribution in [0.3, 0.4) is 0 Å². The van der Waals surface area contributed by atoms with Crippen LogP contribution in [-0.2, 0) is 9.53 Å². The third kappa shape index (κ3) is 4.17. The van der Waals surface area contributed by atoms with Gasteiger partial charge in [-0.05, 0) is 18.2 Å². The molecular weight excluding hydrogens is 246 g/mol. The molecule has 0 unspecified atom stereocenters. The third-order valence-electron chi connectivity index (χ3n) is 2.58. The van der Waals surface area contributed by atoms with Gasteiger partial charge < -0.3 is 20.7 Å². The van der Waals surface area contributed by atoms with Gasteiger partial charge in [0.1, 0.15) is 0 Å². The minimum Gasteiger partial charge on any atom is -0.469 e. The van der Waals surface area contributed by atoms with Crippen LogP contribution < -0.4 is 11.1 Å². The zero-order valence-corrected chi connectivity index (χ0v) is 11.4. The highest BCUT2D eigenvalue weighted by Gasteiger charge is 2.10. The Hall–Kier alpha value is -2.24. The maximum atomic E-state index is 11.8. The molecule has 0 saturated carbocycles. The highest BCUT2D eigenvalue weighted by Crippen LogP contribution is 2.20. The van der Waals surface area contributed by atoms with Crippen LogP contribution in [-0.4, -0.2) is 44.5 Å². The average Bonchev–Trinajstić information content (AvgIpc) is 2.39. The molecule has 0 aliphatic carbocycles. The van der Waals surface area contributed by atoms with Crippen LogP contribution in [0.5, 0.6) is 0 Å². The van der Waals surface area contributed by atoms with Crippen molar-refractivity contribution >= 4 is 23.3 Å². The van der Waals surface area contributed by atoms with E-state index in [-0.39, 0.29) is 18.3 Å². The molecule has 6 heteroatoms. The lowest BCUT2D eigenvalue weighted by Gasteiger charge is -2.13. The summed E-state index contributed by atoms with van der Waals surface area (Å²) in [7, 11) is 4.71. The molecule has 1 aromatic rings. The third-order valence-corrected chi connectivity index (χ3v) is 2.58. The van der Waals surface area contributed by atoms with E-state index in [1.54, 1.807) is 32.3 Å². The maximum absolute atomic E-state index is 11.8. The molecule has 0 radical (unpaired) electrons. The van der Waals surface area contributed by atoms with E-state index in [2.05, 4.69) is 10.1 Å². The molecule has 104 valence electrons. The minimum absolute atomic E-state index is 0.101. The number of hydrogen-bond acceptors (Lipinski definition) is 5. The Balaban J connectivity index is 2.75. The molecule has 0 atom stereocenters. The molecule has 1 amide bonds. The fourth-order valence-corrected chi connectivity index (χ4v) is 1.50. The summed E-state index contributed by atoms with van der Waals surface area (Å²) in [5.74, 6) is -0.400. The fourth-order valence-electron chi connectivity index (χ4n) is 1.50. The van der Waals surface area contributed by atoms with Gasteiger partial charge >= 0.3 is 5.97 Å². The van der Waals surface area contributed by atoms with Crippen molar-refractivity contribution in [3.05, 3.63) is 23.8 Å². The smallest absolute Gasteiger partial charge is 0.307 e. The Labute approximate surface area is 112 Å². The molecule has 0 aliphatic heterocycles. The van der Waals surface area contributed by atoms with Gasteiger partial charge in [-0.3, -0.25) is 9.59 Å². The minimum atomic E-state index is -0.299. The van der Waals surface area contributed by atoms with Gasteiger partial charge in [0, 0.05) is 26.2 Å². The maximum Gasteiger partial charge on any atom is 0.307 e. The number of amides is 1. The molecule has 19 heavy (non-hydrogen) atoms. The number of rotatable bonds is 5. The van der Waals surface area contributed by atoms with E-state index < -0.39 is 0 Å². The molecular formula is C13H19N3O3. The van der Waals surface area contributed by atoms with Crippen LogP contribution >= 0.6 is 0 Å². The van der Waals surface area contributed by atoms with Gasteiger partial charge in [0.2, 0.25) is 0 Å². The zero-order valence-electron chi connectivity index (χ0n) is 11.4. The van der Waals surface area contributed by atoms with Gasteiger partial charge in [-0.25, -0.2) is 0 Å². The molecule has 0 aliphatic rings. The number of esters is 1. The first-order chi connectivity index (χ1) is 8.95. The van der Waals surface area contributed by atoms with E-state index in [9.17, 15) is 9.59 Å². The zero-order chi connectivity index (χ0) is 14.4.